The van der Waals surface area contributed by atoms with Crippen LogP contribution in [0.25, 0.3) is 0 Å². The van der Waals surface area contributed by atoms with Gasteiger partial charge in [0.25, 0.3) is 0 Å². The minimum atomic E-state index is -0.523. The molecule has 0 saturated carbocycles. The molecular formula is C21H21N3O2. The van der Waals surface area contributed by atoms with Gasteiger partial charge in [0.05, 0.1) is 11.8 Å². The van der Waals surface area contributed by atoms with Crippen molar-refractivity contribution in [1.82, 2.24) is 4.98 Å². The molecule has 0 atom stereocenters. The molecule has 2 aromatic carbocycles. The molecule has 0 radical (unpaired) electrons. The first-order chi connectivity index (χ1) is 12.6. The van der Waals surface area contributed by atoms with E-state index in [0.717, 1.165) is 17.8 Å². The highest BCUT2D eigenvalue weighted by molar-refractivity contribution is 5.92. The Hall–Kier alpha value is -3.34. The molecule has 1 aromatic heterocycles. The van der Waals surface area contributed by atoms with Crippen LogP contribution in [0.3, 0.4) is 0 Å². The summed E-state index contributed by atoms with van der Waals surface area (Å²) in [5.41, 5.74) is 10.1. The summed E-state index contributed by atoms with van der Waals surface area (Å²) in [5, 5.41) is 3.41. The topological polar surface area (TPSA) is 77.2 Å². The maximum absolute atomic E-state index is 11.2. The van der Waals surface area contributed by atoms with Crippen molar-refractivity contribution in [2.75, 3.05) is 5.32 Å². The third-order valence-corrected chi connectivity index (χ3v) is 3.95. The molecule has 5 nitrogen and oxygen atoms in total. The van der Waals surface area contributed by atoms with Gasteiger partial charge in [-0.25, -0.2) is 0 Å². The maximum Gasteiger partial charge on any atom is 0.250 e. The van der Waals surface area contributed by atoms with Crippen LogP contribution in [0.5, 0.6) is 5.75 Å². The smallest absolute Gasteiger partial charge is 0.250 e. The van der Waals surface area contributed by atoms with E-state index in [2.05, 4.69) is 41.5 Å². The highest BCUT2D eigenvalue weighted by Crippen LogP contribution is 2.16. The molecule has 0 fully saturated rings. The Bertz CT molecular complexity index is 892. The fraction of sp³-hybridized carbons (Fsp3) is 0.143. The Labute approximate surface area is 152 Å². The monoisotopic (exact) mass is 347 g/mol. The van der Waals surface area contributed by atoms with Crippen molar-refractivity contribution >= 4 is 11.6 Å². The molecule has 0 saturated heterocycles. The molecule has 0 aliphatic heterocycles. The van der Waals surface area contributed by atoms with E-state index >= 15 is 0 Å². The predicted octanol–water partition coefficient (Wildman–Crippen LogP) is 3.68. The van der Waals surface area contributed by atoms with Crippen LogP contribution in [0, 0.1) is 6.92 Å². The lowest BCUT2D eigenvalue weighted by molar-refractivity contribution is 0.0999. The lowest BCUT2D eigenvalue weighted by atomic mass is 10.1. The number of aromatic nitrogens is 1. The number of rotatable bonds is 7. The number of nitrogens with zero attached hydrogens (tertiary/aromatic N) is 1. The molecule has 0 unspecified atom stereocenters. The summed E-state index contributed by atoms with van der Waals surface area (Å²) in [6, 6.07) is 18.1. The van der Waals surface area contributed by atoms with E-state index in [-0.39, 0.29) is 0 Å². The third kappa shape index (κ3) is 4.83. The average molecular weight is 347 g/mol. The molecule has 132 valence electrons. The Morgan fingerprint density at radius 3 is 2.65 bits per heavy atom. The van der Waals surface area contributed by atoms with Gasteiger partial charge in [0.15, 0.2) is 0 Å². The normalized spacial score (nSPS) is 10.3. The quantitative estimate of drug-likeness (QED) is 0.683. The zero-order valence-corrected chi connectivity index (χ0v) is 14.6. The van der Waals surface area contributed by atoms with E-state index in [1.807, 2.05) is 24.3 Å². The SMILES string of the molecule is Cc1ccc(CNc2cccc(COc3cncc(C(N)=O)c3)c2)cc1. The van der Waals surface area contributed by atoms with Crippen LogP contribution >= 0.6 is 0 Å². The molecule has 0 spiro atoms. The van der Waals surface area contributed by atoms with Crippen LogP contribution in [0.15, 0.2) is 67.0 Å². The molecule has 3 aromatic rings. The van der Waals surface area contributed by atoms with Crippen molar-refractivity contribution in [3.05, 3.63) is 89.2 Å². The Kier molecular flexibility index (Phi) is 5.49. The van der Waals surface area contributed by atoms with Crippen LogP contribution in [0.2, 0.25) is 0 Å². The largest absolute Gasteiger partial charge is 0.487 e. The van der Waals surface area contributed by atoms with Crippen LogP contribution < -0.4 is 15.8 Å². The zero-order chi connectivity index (χ0) is 18.4. The summed E-state index contributed by atoms with van der Waals surface area (Å²) in [4.78, 5) is 15.2. The van der Waals surface area contributed by atoms with Gasteiger partial charge in [0.2, 0.25) is 5.91 Å². The lowest BCUT2D eigenvalue weighted by Gasteiger charge is -2.10. The van der Waals surface area contributed by atoms with Crippen LogP contribution in [-0.4, -0.2) is 10.9 Å². The lowest BCUT2D eigenvalue weighted by Crippen LogP contribution is -2.11. The molecular weight excluding hydrogens is 326 g/mol. The van der Waals surface area contributed by atoms with Gasteiger partial charge < -0.3 is 15.8 Å². The van der Waals surface area contributed by atoms with Crippen molar-refractivity contribution < 1.29 is 9.53 Å². The number of nitrogens with two attached hydrogens (primary N) is 1. The van der Waals surface area contributed by atoms with Crippen molar-refractivity contribution in [1.29, 1.82) is 0 Å². The number of nitrogens with one attached hydrogen (secondary N) is 1. The second-order valence-electron chi connectivity index (χ2n) is 6.10. The molecule has 3 N–H and O–H groups in total. The number of pyridine rings is 1. The maximum atomic E-state index is 11.2. The molecule has 1 amide bonds. The van der Waals surface area contributed by atoms with Crippen LogP contribution in [0.4, 0.5) is 5.69 Å². The molecule has 0 aliphatic rings. The molecule has 26 heavy (non-hydrogen) atoms. The summed E-state index contributed by atoms with van der Waals surface area (Å²) in [5.74, 6) is -0.00966. The fourth-order valence-corrected chi connectivity index (χ4v) is 2.48. The number of carbonyl (C=O) groups excluding carboxylic acids is 1. The van der Waals surface area contributed by atoms with Crippen molar-refractivity contribution in [3.63, 3.8) is 0 Å². The zero-order valence-electron chi connectivity index (χ0n) is 14.6. The van der Waals surface area contributed by atoms with Gasteiger partial charge in [0.1, 0.15) is 12.4 Å². The number of amides is 1. The number of benzene rings is 2. The molecule has 0 aliphatic carbocycles. The third-order valence-electron chi connectivity index (χ3n) is 3.95. The van der Waals surface area contributed by atoms with Gasteiger partial charge >= 0.3 is 0 Å². The first-order valence-corrected chi connectivity index (χ1v) is 8.36. The van der Waals surface area contributed by atoms with E-state index in [1.54, 1.807) is 12.3 Å². The molecule has 1 heterocycles. The minimum absolute atomic E-state index is 0.330. The summed E-state index contributed by atoms with van der Waals surface area (Å²) >= 11 is 0. The summed E-state index contributed by atoms with van der Waals surface area (Å²) < 4.78 is 5.72. The van der Waals surface area contributed by atoms with Crippen LogP contribution in [-0.2, 0) is 13.2 Å². The Balaban J connectivity index is 1.59. The first kappa shape index (κ1) is 17.5. The summed E-state index contributed by atoms with van der Waals surface area (Å²) in [7, 11) is 0. The van der Waals surface area contributed by atoms with Gasteiger partial charge in [-0.2, -0.15) is 0 Å². The number of hydrogen-bond donors (Lipinski definition) is 2. The fourth-order valence-electron chi connectivity index (χ4n) is 2.48. The molecule has 5 heteroatoms. The number of anilines is 1. The Morgan fingerprint density at radius 1 is 1.08 bits per heavy atom. The summed E-state index contributed by atoms with van der Waals surface area (Å²) in [6.07, 6.45) is 2.98. The van der Waals surface area contributed by atoms with Gasteiger partial charge in [0, 0.05) is 18.4 Å². The number of hydrogen-bond acceptors (Lipinski definition) is 4. The van der Waals surface area contributed by atoms with Crippen molar-refractivity contribution in [2.24, 2.45) is 5.73 Å². The second kappa shape index (κ2) is 8.16. The van der Waals surface area contributed by atoms with Gasteiger partial charge in [-0.1, -0.05) is 42.0 Å². The highest BCUT2D eigenvalue weighted by atomic mass is 16.5. The first-order valence-electron chi connectivity index (χ1n) is 8.36. The van der Waals surface area contributed by atoms with E-state index in [4.69, 9.17) is 10.5 Å². The number of aryl methyl sites for hydroxylation is 1. The van der Waals surface area contributed by atoms with Gasteiger partial charge in [-0.05, 0) is 36.2 Å². The summed E-state index contributed by atoms with van der Waals surface area (Å²) in [6.45, 7) is 3.22. The van der Waals surface area contributed by atoms with E-state index in [1.165, 1.54) is 17.3 Å². The number of primary amides is 1. The van der Waals surface area contributed by atoms with Gasteiger partial charge in [-0.15, -0.1) is 0 Å². The Morgan fingerprint density at radius 2 is 1.88 bits per heavy atom. The van der Waals surface area contributed by atoms with E-state index in [0.29, 0.717) is 17.9 Å². The van der Waals surface area contributed by atoms with E-state index < -0.39 is 5.91 Å². The highest BCUT2D eigenvalue weighted by Gasteiger charge is 2.04. The predicted molar refractivity (Wildman–Crippen MR) is 102 cm³/mol. The molecule has 3 rings (SSSR count). The second-order valence-corrected chi connectivity index (χ2v) is 6.10. The molecule has 0 bridgehead atoms. The van der Waals surface area contributed by atoms with Crippen molar-refractivity contribution in [2.45, 2.75) is 20.1 Å². The number of carbonyl (C=O) groups is 1. The average Bonchev–Trinajstić information content (AvgIpc) is 2.66. The number of ether oxygens (including phenoxy) is 1. The standard InChI is InChI=1S/C21H21N3O2/c1-15-5-7-16(8-6-15)11-24-19-4-2-3-17(9-19)14-26-20-10-18(21(22)25)12-23-13-20/h2-10,12-13,24H,11,14H2,1H3,(H2,22,25). The van der Waals surface area contributed by atoms with Crippen molar-refractivity contribution in [3.8, 4) is 5.75 Å². The van der Waals surface area contributed by atoms with Crippen LogP contribution in [0.1, 0.15) is 27.0 Å². The minimum Gasteiger partial charge on any atom is -0.487 e. The van der Waals surface area contributed by atoms with Gasteiger partial charge in [-0.3, -0.25) is 9.78 Å². The van der Waals surface area contributed by atoms with E-state index in [9.17, 15) is 4.79 Å².